The third-order valence-electron chi connectivity index (χ3n) is 2.12. The maximum absolute atomic E-state index is 11.3. The summed E-state index contributed by atoms with van der Waals surface area (Å²) in [6, 6.07) is 3.47. The second kappa shape index (κ2) is 3.16. The molecule has 1 aromatic rings. The van der Waals surface area contributed by atoms with Crippen LogP contribution in [0.5, 0.6) is 5.75 Å². The zero-order valence-corrected chi connectivity index (χ0v) is 9.17. The van der Waals surface area contributed by atoms with E-state index in [1.807, 2.05) is 0 Å². The number of nitrogens with zero attached hydrogens (tertiary/aromatic N) is 1. The summed E-state index contributed by atoms with van der Waals surface area (Å²) in [6.45, 7) is 0.0754. The largest absolute Gasteiger partial charge is 0.480 e. The molecule has 0 fully saturated rings. The van der Waals surface area contributed by atoms with Gasteiger partial charge in [-0.3, -0.25) is 4.79 Å². The zero-order valence-electron chi connectivity index (χ0n) is 7.58. The maximum atomic E-state index is 11.3. The summed E-state index contributed by atoms with van der Waals surface area (Å²) in [6.07, 6.45) is 0. The molecule has 1 aromatic carbocycles. The number of nitrogens with two attached hydrogens (primary N) is 1. The Kier molecular flexibility index (Phi) is 2.11. The molecule has 2 N–H and O–H groups in total. The first kappa shape index (κ1) is 9.33. The lowest BCUT2D eigenvalue weighted by Gasteiger charge is -2.26. The van der Waals surface area contributed by atoms with Crippen LogP contribution in [0, 0.1) is 0 Å². The predicted octanol–water partition coefficient (Wildman–Crippen LogP) is 1.39. The third-order valence-corrected chi connectivity index (χ3v) is 2.71. The molecule has 74 valence electrons. The Morgan fingerprint density at radius 3 is 3.00 bits per heavy atom. The molecular weight excluding hydrogens is 248 g/mol. The SMILES string of the molecule is CN1C(=O)COc2c(Br)cc(N)cc21. The predicted molar refractivity (Wildman–Crippen MR) is 57.5 cm³/mol. The molecule has 1 aliphatic heterocycles. The van der Waals surface area contributed by atoms with Crippen molar-refractivity contribution in [3.63, 3.8) is 0 Å². The van der Waals surface area contributed by atoms with E-state index >= 15 is 0 Å². The number of fused-ring (bicyclic) bond motifs is 1. The van der Waals surface area contributed by atoms with Crippen molar-refractivity contribution < 1.29 is 9.53 Å². The Bertz CT molecular complexity index is 406. The molecule has 4 nitrogen and oxygen atoms in total. The van der Waals surface area contributed by atoms with Gasteiger partial charge in [-0.2, -0.15) is 0 Å². The average molecular weight is 257 g/mol. The van der Waals surface area contributed by atoms with Crippen LogP contribution in [0.4, 0.5) is 11.4 Å². The molecule has 1 amide bonds. The van der Waals surface area contributed by atoms with Gasteiger partial charge in [-0.05, 0) is 28.1 Å². The van der Waals surface area contributed by atoms with Crippen molar-refractivity contribution in [2.75, 3.05) is 24.3 Å². The number of hydrogen-bond acceptors (Lipinski definition) is 3. The minimum Gasteiger partial charge on any atom is -0.480 e. The number of likely N-dealkylation sites (N-methyl/N-ethyl adjacent to an activating group) is 1. The van der Waals surface area contributed by atoms with Crippen LogP contribution in [0.25, 0.3) is 0 Å². The standard InChI is InChI=1S/C9H9BrN2O2/c1-12-7-3-5(11)2-6(10)9(7)14-4-8(12)13/h2-3H,4,11H2,1H3. The summed E-state index contributed by atoms with van der Waals surface area (Å²) < 4.78 is 6.07. The van der Waals surface area contributed by atoms with Crippen molar-refractivity contribution in [2.24, 2.45) is 0 Å². The van der Waals surface area contributed by atoms with Crippen molar-refractivity contribution >= 4 is 33.2 Å². The number of amides is 1. The molecule has 0 aliphatic carbocycles. The number of benzene rings is 1. The first-order chi connectivity index (χ1) is 6.59. The Balaban J connectivity index is 2.59. The van der Waals surface area contributed by atoms with Crippen molar-refractivity contribution in [3.05, 3.63) is 16.6 Å². The highest BCUT2D eigenvalue weighted by Gasteiger charge is 2.24. The number of anilines is 2. The summed E-state index contributed by atoms with van der Waals surface area (Å²) >= 11 is 3.34. The van der Waals surface area contributed by atoms with Crippen LogP contribution in [0.1, 0.15) is 0 Å². The second-order valence-corrected chi connectivity index (χ2v) is 3.95. The van der Waals surface area contributed by atoms with Gasteiger partial charge in [0.2, 0.25) is 0 Å². The lowest BCUT2D eigenvalue weighted by molar-refractivity contribution is -0.121. The average Bonchev–Trinajstić information content (AvgIpc) is 2.12. The van der Waals surface area contributed by atoms with Gasteiger partial charge in [0, 0.05) is 12.7 Å². The van der Waals surface area contributed by atoms with Gasteiger partial charge < -0.3 is 15.4 Å². The fourth-order valence-electron chi connectivity index (χ4n) is 1.36. The Morgan fingerprint density at radius 1 is 1.57 bits per heavy atom. The van der Waals surface area contributed by atoms with Gasteiger partial charge in [0.15, 0.2) is 12.4 Å². The topological polar surface area (TPSA) is 55.6 Å². The van der Waals surface area contributed by atoms with Gasteiger partial charge in [0.25, 0.3) is 5.91 Å². The Hall–Kier alpha value is -1.23. The first-order valence-corrected chi connectivity index (χ1v) is 4.87. The number of hydrogen-bond donors (Lipinski definition) is 1. The summed E-state index contributed by atoms with van der Waals surface area (Å²) in [5.74, 6) is 0.594. The van der Waals surface area contributed by atoms with E-state index < -0.39 is 0 Å². The molecule has 0 saturated heterocycles. The smallest absolute Gasteiger partial charge is 0.264 e. The number of rotatable bonds is 0. The van der Waals surface area contributed by atoms with Crippen LogP contribution in [0.3, 0.4) is 0 Å². The molecule has 14 heavy (non-hydrogen) atoms. The quantitative estimate of drug-likeness (QED) is 0.714. The molecule has 0 bridgehead atoms. The zero-order chi connectivity index (χ0) is 10.3. The summed E-state index contributed by atoms with van der Waals surface area (Å²) in [4.78, 5) is 12.9. The Morgan fingerprint density at radius 2 is 2.29 bits per heavy atom. The van der Waals surface area contributed by atoms with Crippen LogP contribution in [-0.2, 0) is 4.79 Å². The molecule has 0 spiro atoms. The van der Waals surface area contributed by atoms with Crippen molar-refractivity contribution in [1.29, 1.82) is 0 Å². The van der Waals surface area contributed by atoms with Gasteiger partial charge in [0.1, 0.15) is 0 Å². The van der Waals surface area contributed by atoms with Crippen LogP contribution in [0.15, 0.2) is 16.6 Å². The van der Waals surface area contributed by atoms with Crippen LogP contribution in [-0.4, -0.2) is 19.6 Å². The van der Waals surface area contributed by atoms with E-state index in [4.69, 9.17) is 10.5 Å². The maximum Gasteiger partial charge on any atom is 0.264 e. The number of halogens is 1. The molecule has 1 heterocycles. The fraction of sp³-hybridized carbons (Fsp3) is 0.222. The Labute approximate surface area is 89.8 Å². The van der Waals surface area contributed by atoms with Gasteiger partial charge in [-0.15, -0.1) is 0 Å². The lowest BCUT2D eigenvalue weighted by atomic mass is 10.2. The molecule has 5 heteroatoms. The highest BCUT2D eigenvalue weighted by molar-refractivity contribution is 9.10. The van der Waals surface area contributed by atoms with E-state index in [0.717, 1.165) is 4.47 Å². The van der Waals surface area contributed by atoms with Gasteiger partial charge in [-0.1, -0.05) is 0 Å². The van der Waals surface area contributed by atoms with Crippen molar-refractivity contribution in [1.82, 2.24) is 0 Å². The minimum absolute atomic E-state index is 0.0741. The molecule has 0 radical (unpaired) electrons. The third kappa shape index (κ3) is 1.33. The normalized spacial score (nSPS) is 15.0. The van der Waals surface area contributed by atoms with Crippen LogP contribution < -0.4 is 15.4 Å². The molecule has 0 unspecified atom stereocenters. The van der Waals surface area contributed by atoms with E-state index in [1.54, 1.807) is 24.1 Å². The molecule has 1 aliphatic rings. The number of nitrogen functional groups attached to an aromatic ring is 1. The number of ether oxygens (including phenoxy) is 1. The van der Waals surface area contributed by atoms with E-state index in [1.165, 1.54) is 0 Å². The van der Waals surface area contributed by atoms with Gasteiger partial charge in [-0.25, -0.2) is 0 Å². The summed E-state index contributed by atoms with van der Waals surface area (Å²) in [7, 11) is 1.70. The van der Waals surface area contributed by atoms with Crippen LogP contribution >= 0.6 is 15.9 Å². The lowest BCUT2D eigenvalue weighted by Crippen LogP contribution is -2.35. The first-order valence-electron chi connectivity index (χ1n) is 4.08. The highest BCUT2D eigenvalue weighted by Crippen LogP contribution is 2.39. The van der Waals surface area contributed by atoms with Crippen LogP contribution in [0.2, 0.25) is 0 Å². The summed E-state index contributed by atoms with van der Waals surface area (Å²) in [5, 5.41) is 0. The van der Waals surface area contributed by atoms with E-state index in [-0.39, 0.29) is 12.5 Å². The van der Waals surface area contributed by atoms with Gasteiger partial charge >= 0.3 is 0 Å². The molecule has 2 rings (SSSR count). The minimum atomic E-state index is -0.0741. The van der Waals surface area contributed by atoms with Crippen molar-refractivity contribution in [3.8, 4) is 5.75 Å². The van der Waals surface area contributed by atoms with Crippen molar-refractivity contribution in [2.45, 2.75) is 0 Å². The number of carbonyl (C=O) groups excluding carboxylic acids is 1. The molecule has 0 atom stereocenters. The number of carbonyl (C=O) groups is 1. The van der Waals surface area contributed by atoms with E-state index in [0.29, 0.717) is 17.1 Å². The molecule has 0 aromatic heterocycles. The monoisotopic (exact) mass is 256 g/mol. The molecule has 0 saturated carbocycles. The van der Waals surface area contributed by atoms with E-state index in [2.05, 4.69) is 15.9 Å². The van der Waals surface area contributed by atoms with Gasteiger partial charge in [0.05, 0.1) is 10.2 Å². The molecular formula is C9H9BrN2O2. The second-order valence-electron chi connectivity index (χ2n) is 3.09. The fourth-order valence-corrected chi connectivity index (χ4v) is 1.94. The van der Waals surface area contributed by atoms with E-state index in [9.17, 15) is 4.79 Å². The summed E-state index contributed by atoms with van der Waals surface area (Å²) in [5.41, 5.74) is 6.97. The highest BCUT2D eigenvalue weighted by atomic mass is 79.9.